The highest BCUT2D eigenvalue weighted by atomic mass is 19.1. The first-order chi connectivity index (χ1) is 9.04. The van der Waals surface area contributed by atoms with Gasteiger partial charge in [0.25, 0.3) is 5.89 Å². The second-order valence-corrected chi connectivity index (χ2v) is 3.85. The molecule has 0 radical (unpaired) electrons. The molecule has 6 nitrogen and oxygen atoms in total. The van der Waals surface area contributed by atoms with E-state index in [4.69, 9.17) is 9.52 Å². The molecule has 19 heavy (non-hydrogen) atoms. The van der Waals surface area contributed by atoms with Crippen molar-refractivity contribution in [2.45, 2.75) is 13.3 Å². The maximum absolute atomic E-state index is 13.4. The second kappa shape index (κ2) is 5.05. The van der Waals surface area contributed by atoms with Gasteiger partial charge in [0.2, 0.25) is 0 Å². The number of aromatic nitrogens is 1. The molecule has 0 fully saturated rings. The molecule has 0 unspecified atom stereocenters. The van der Waals surface area contributed by atoms with Crippen molar-refractivity contribution in [3.05, 3.63) is 29.9 Å². The van der Waals surface area contributed by atoms with Gasteiger partial charge < -0.3 is 9.52 Å². The summed E-state index contributed by atoms with van der Waals surface area (Å²) in [6, 6.07) is 4.07. The van der Waals surface area contributed by atoms with Gasteiger partial charge in [0.15, 0.2) is 11.4 Å². The van der Waals surface area contributed by atoms with Crippen molar-refractivity contribution < 1.29 is 23.5 Å². The monoisotopic (exact) mass is 266 g/mol. The largest absolute Gasteiger partial charge is 0.465 e. The van der Waals surface area contributed by atoms with Crippen molar-refractivity contribution in [2.75, 3.05) is 6.54 Å². The Labute approximate surface area is 107 Å². The van der Waals surface area contributed by atoms with Crippen LogP contribution in [0.5, 0.6) is 0 Å². The van der Waals surface area contributed by atoms with Crippen molar-refractivity contribution in [1.82, 2.24) is 9.88 Å². The van der Waals surface area contributed by atoms with E-state index in [1.54, 1.807) is 6.92 Å². The van der Waals surface area contributed by atoms with Crippen molar-refractivity contribution in [3.63, 3.8) is 0 Å². The smallest absolute Gasteiger partial charge is 0.414 e. The predicted molar refractivity (Wildman–Crippen MR) is 63.3 cm³/mol. The van der Waals surface area contributed by atoms with Crippen LogP contribution in [-0.4, -0.2) is 33.5 Å². The van der Waals surface area contributed by atoms with Crippen molar-refractivity contribution in [1.29, 1.82) is 0 Å². The Bertz CT molecular complexity index is 638. The molecule has 0 aliphatic rings. The third-order valence-corrected chi connectivity index (χ3v) is 2.47. The summed E-state index contributed by atoms with van der Waals surface area (Å²) in [5.74, 6) is -1.98. The van der Waals surface area contributed by atoms with E-state index in [0.29, 0.717) is 11.3 Å². The number of hydrogen-bond donors (Lipinski definition) is 1. The Morgan fingerprint density at radius 3 is 2.79 bits per heavy atom. The van der Waals surface area contributed by atoms with Gasteiger partial charge in [-0.25, -0.2) is 19.1 Å². The average molecular weight is 266 g/mol. The number of amides is 2. The highest BCUT2D eigenvalue weighted by Crippen LogP contribution is 2.19. The van der Waals surface area contributed by atoms with E-state index >= 15 is 0 Å². The van der Waals surface area contributed by atoms with Crippen LogP contribution in [0.2, 0.25) is 0 Å². The maximum Gasteiger partial charge on any atom is 0.414 e. The number of benzene rings is 1. The quantitative estimate of drug-likeness (QED) is 0.922. The topological polar surface area (TPSA) is 83.6 Å². The summed E-state index contributed by atoms with van der Waals surface area (Å²) < 4.78 is 18.4. The van der Waals surface area contributed by atoms with Gasteiger partial charge in [-0.05, 0) is 18.6 Å². The zero-order valence-electron chi connectivity index (χ0n) is 10.1. The number of hydrogen-bond acceptors (Lipinski definition) is 4. The number of halogens is 1. The Balaban J connectivity index is 2.40. The molecule has 7 heteroatoms. The van der Waals surface area contributed by atoms with E-state index in [9.17, 15) is 14.0 Å². The lowest BCUT2D eigenvalue weighted by Crippen LogP contribution is -2.36. The minimum Gasteiger partial charge on any atom is -0.465 e. The van der Waals surface area contributed by atoms with Gasteiger partial charge in [0, 0.05) is 6.54 Å². The molecular formula is C12H11FN2O4. The molecular weight excluding hydrogens is 255 g/mol. The number of nitrogens with zero attached hydrogens (tertiary/aromatic N) is 2. The molecule has 0 spiro atoms. The minimum absolute atomic E-state index is 0.0232. The summed E-state index contributed by atoms with van der Waals surface area (Å²) in [6.07, 6.45) is -0.929. The van der Waals surface area contributed by atoms with Gasteiger partial charge in [0.05, 0.1) is 0 Å². The summed E-state index contributed by atoms with van der Waals surface area (Å²) in [7, 11) is 0. The Kier molecular flexibility index (Phi) is 3.46. The first-order valence-corrected chi connectivity index (χ1v) is 5.64. The molecule has 0 aliphatic carbocycles. The number of para-hydroxylation sites is 1. The molecule has 100 valence electrons. The van der Waals surface area contributed by atoms with E-state index in [1.807, 2.05) is 0 Å². The first kappa shape index (κ1) is 13.0. The van der Waals surface area contributed by atoms with Crippen molar-refractivity contribution in [3.8, 4) is 0 Å². The van der Waals surface area contributed by atoms with Gasteiger partial charge in [-0.1, -0.05) is 13.0 Å². The fraction of sp³-hybridized carbons (Fsp3) is 0.250. The number of carboxylic acid groups (broad SMARTS) is 1. The molecule has 1 N–H and O–H groups in total. The van der Waals surface area contributed by atoms with Crippen LogP contribution in [0, 0.1) is 5.82 Å². The van der Waals surface area contributed by atoms with Gasteiger partial charge in [-0.2, -0.15) is 0 Å². The van der Waals surface area contributed by atoms with Gasteiger partial charge in [-0.15, -0.1) is 0 Å². The Morgan fingerprint density at radius 1 is 1.47 bits per heavy atom. The molecule has 0 bridgehead atoms. The van der Waals surface area contributed by atoms with Crippen LogP contribution in [0.15, 0.2) is 22.6 Å². The molecule has 0 aliphatic heterocycles. The number of carbonyl (C=O) groups is 2. The van der Waals surface area contributed by atoms with Gasteiger partial charge in [-0.3, -0.25) is 4.79 Å². The third-order valence-electron chi connectivity index (χ3n) is 2.47. The van der Waals surface area contributed by atoms with Crippen LogP contribution >= 0.6 is 0 Å². The minimum atomic E-state index is -1.39. The summed E-state index contributed by atoms with van der Waals surface area (Å²) in [6.45, 7) is 1.75. The lowest BCUT2D eigenvalue weighted by molar-refractivity contribution is 0.0706. The number of imide groups is 1. The molecule has 1 aromatic carbocycles. The highest BCUT2D eigenvalue weighted by molar-refractivity contribution is 6.00. The van der Waals surface area contributed by atoms with Crippen molar-refractivity contribution in [2.24, 2.45) is 0 Å². The van der Waals surface area contributed by atoms with E-state index in [0.717, 1.165) is 0 Å². The van der Waals surface area contributed by atoms with Gasteiger partial charge in [0.1, 0.15) is 5.52 Å². The number of fused-ring (bicyclic) bond motifs is 1. The summed E-state index contributed by atoms with van der Waals surface area (Å²) in [5, 5.41) is 8.93. The average Bonchev–Trinajstić information content (AvgIpc) is 2.80. The van der Waals surface area contributed by atoms with E-state index in [1.165, 1.54) is 18.2 Å². The fourth-order valence-corrected chi connectivity index (χ4v) is 1.63. The molecule has 2 rings (SSSR count). The van der Waals surface area contributed by atoms with E-state index in [2.05, 4.69) is 4.98 Å². The predicted octanol–water partition coefficient (Wildman–Crippen LogP) is 2.50. The zero-order valence-corrected chi connectivity index (χ0v) is 10.1. The van der Waals surface area contributed by atoms with Gasteiger partial charge >= 0.3 is 12.0 Å². The number of carbonyl (C=O) groups excluding carboxylic acids is 1. The lowest BCUT2D eigenvalue weighted by atomic mass is 10.3. The summed E-state index contributed by atoms with van der Waals surface area (Å²) in [4.78, 5) is 27.3. The number of oxazole rings is 1. The van der Waals surface area contributed by atoms with Crippen LogP contribution < -0.4 is 0 Å². The van der Waals surface area contributed by atoms with Crippen LogP contribution in [0.4, 0.5) is 9.18 Å². The Hall–Kier alpha value is -2.44. The molecule has 1 heterocycles. The van der Waals surface area contributed by atoms with Crippen LogP contribution in [0.1, 0.15) is 24.0 Å². The molecule has 2 amide bonds. The normalized spacial score (nSPS) is 10.6. The first-order valence-electron chi connectivity index (χ1n) is 5.64. The zero-order chi connectivity index (χ0) is 14.0. The highest BCUT2D eigenvalue weighted by Gasteiger charge is 2.26. The lowest BCUT2D eigenvalue weighted by Gasteiger charge is -2.13. The van der Waals surface area contributed by atoms with Crippen LogP contribution in [-0.2, 0) is 0 Å². The van der Waals surface area contributed by atoms with Crippen molar-refractivity contribution >= 4 is 23.1 Å². The van der Waals surface area contributed by atoms with Crippen LogP contribution in [0.25, 0.3) is 11.1 Å². The van der Waals surface area contributed by atoms with E-state index in [-0.39, 0.29) is 17.6 Å². The standard InChI is InChI=1S/C12H11FN2O4/c1-2-6-15(12(17)18)11(16)10-14-8-5-3-4-7(13)9(8)19-10/h3-5H,2,6H2,1H3,(H,17,18). The van der Waals surface area contributed by atoms with E-state index < -0.39 is 23.7 Å². The second-order valence-electron chi connectivity index (χ2n) is 3.85. The molecule has 0 saturated heterocycles. The molecule has 0 atom stereocenters. The fourth-order valence-electron chi connectivity index (χ4n) is 1.63. The molecule has 2 aromatic rings. The molecule has 0 saturated carbocycles. The Morgan fingerprint density at radius 2 is 2.21 bits per heavy atom. The summed E-state index contributed by atoms with van der Waals surface area (Å²) >= 11 is 0. The van der Waals surface area contributed by atoms with Crippen LogP contribution in [0.3, 0.4) is 0 Å². The maximum atomic E-state index is 13.4. The SMILES string of the molecule is CCCN(C(=O)O)C(=O)c1nc2cccc(F)c2o1. The summed E-state index contributed by atoms with van der Waals surface area (Å²) in [5.41, 5.74) is 0.0119. The third kappa shape index (κ3) is 2.40. The molecule has 1 aromatic heterocycles. The number of rotatable bonds is 3.